The first-order chi connectivity index (χ1) is 15.7. The lowest BCUT2D eigenvalue weighted by Crippen LogP contribution is -2.63. The van der Waals surface area contributed by atoms with E-state index in [1.165, 1.54) is 44.1 Å². The maximum Gasteiger partial charge on any atom is 0.162 e. The van der Waals surface area contributed by atoms with E-state index in [9.17, 15) is 0 Å². The van der Waals surface area contributed by atoms with Gasteiger partial charge in [-0.3, -0.25) is 0 Å². The van der Waals surface area contributed by atoms with Gasteiger partial charge in [0.2, 0.25) is 0 Å². The van der Waals surface area contributed by atoms with Gasteiger partial charge in [-0.15, -0.1) is 0 Å². The van der Waals surface area contributed by atoms with Crippen molar-refractivity contribution in [3.63, 3.8) is 0 Å². The third-order valence-corrected chi connectivity index (χ3v) is 8.99. The van der Waals surface area contributed by atoms with Gasteiger partial charge in [0.15, 0.2) is 11.5 Å². The first kappa shape index (κ1) is 23.5. The molecule has 2 aromatic carbocycles. The van der Waals surface area contributed by atoms with Crippen LogP contribution in [0.25, 0.3) is 0 Å². The van der Waals surface area contributed by atoms with Crippen molar-refractivity contribution in [3.8, 4) is 11.5 Å². The molecule has 4 saturated carbocycles. The summed E-state index contributed by atoms with van der Waals surface area (Å²) in [7, 11) is 0. The van der Waals surface area contributed by atoms with E-state index < -0.39 is 0 Å². The second-order valence-electron chi connectivity index (χ2n) is 11.5. The largest absolute Gasteiger partial charge is 0.490 e. The number of halogens is 2. The first-order valence-corrected chi connectivity index (χ1v) is 13.4. The molecule has 3 nitrogen and oxygen atoms in total. The minimum Gasteiger partial charge on any atom is -0.490 e. The minimum absolute atomic E-state index is 0.276. The maximum absolute atomic E-state index is 6.14. The molecule has 1 N–H and O–H groups in total. The lowest BCUT2D eigenvalue weighted by atomic mass is 9.43. The molecule has 4 aliphatic carbocycles. The van der Waals surface area contributed by atoms with Gasteiger partial charge in [-0.05, 0) is 97.6 Å². The Bertz CT molecular complexity index is 1010. The molecule has 2 aromatic rings. The Morgan fingerprint density at radius 2 is 1.64 bits per heavy atom. The Morgan fingerprint density at radius 3 is 2.27 bits per heavy atom. The molecule has 0 aromatic heterocycles. The van der Waals surface area contributed by atoms with Gasteiger partial charge < -0.3 is 14.8 Å². The van der Waals surface area contributed by atoms with Gasteiger partial charge in [0.25, 0.3) is 0 Å². The molecule has 0 heterocycles. The van der Waals surface area contributed by atoms with Crippen molar-refractivity contribution in [2.75, 3.05) is 6.61 Å². The Hall–Kier alpha value is -1.23. The summed E-state index contributed by atoms with van der Waals surface area (Å²) in [6.07, 6.45) is 8.19. The van der Waals surface area contributed by atoms with Gasteiger partial charge in [0, 0.05) is 21.6 Å². The lowest BCUT2D eigenvalue weighted by molar-refractivity contribution is -0.118. The quantitative estimate of drug-likeness (QED) is 0.374. The molecule has 0 amide bonds. The number of hydrogen-bond acceptors (Lipinski definition) is 3. The molecule has 4 bridgehead atoms. The van der Waals surface area contributed by atoms with Gasteiger partial charge >= 0.3 is 0 Å². The van der Waals surface area contributed by atoms with E-state index in [1.54, 1.807) is 0 Å². The van der Waals surface area contributed by atoms with Crippen molar-refractivity contribution in [2.24, 2.45) is 16.7 Å². The molecule has 0 aliphatic heterocycles. The van der Waals surface area contributed by atoms with E-state index in [2.05, 4.69) is 47.2 Å². The number of nitrogens with one attached hydrogen (secondary N) is 1. The molecule has 0 radical (unpaired) electrons. The van der Waals surface area contributed by atoms with Crippen LogP contribution in [0.15, 0.2) is 40.9 Å². The monoisotopic (exact) mass is 531 g/mol. The summed E-state index contributed by atoms with van der Waals surface area (Å²) in [5.74, 6) is 2.45. The molecule has 4 aliphatic rings. The van der Waals surface area contributed by atoms with Crippen LogP contribution in [0.2, 0.25) is 5.02 Å². The van der Waals surface area contributed by atoms with Crippen LogP contribution >= 0.6 is 27.5 Å². The van der Waals surface area contributed by atoms with Crippen molar-refractivity contribution in [2.45, 2.75) is 78.0 Å². The van der Waals surface area contributed by atoms with Gasteiger partial charge in [-0.1, -0.05) is 53.5 Å². The van der Waals surface area contributed by atoms with Crippen molar-refractivity contribution < 1.29 is 9.47 Å². The second kappa shape index (κ2) is 8.77. The molecule has 2 unspecified atom stereocenters. The SMILES string of the molecule is CCOc1cc(CNC23CC4CC(C)(CC(C)(C4)C2)C3)c(Br)cc1OCc1ccc(Cl)cc1. The van der Waals surface area contributed by atoms with Crippen molar-refractivity contribution in [3.05, 3.63) is 57.0 Å². The third kappa shape index (κ3) is 4.94. The average Bonchev–Trinajstić information content (AvgIpc) is 2.71. The van der Waals surface area contributed by atoms with Crippen LogP contribution in [0.1, 0.15) is 70.4 Å². The van der Waals surface area contributed by atoms with Crippen LogP contribution in [0.4, 0.5) is 0 Å². The Labute approximate surface area is 211 Å². The average molecular weight is 533 g/mol. The zero-order valence-electron chi connectivity index (χ0n) is 20.0. The highest BCUT2D eigenvalue weighted by atomic mass is 79.9. The predicted octanol–water partition coefficient (Wildman–Crippen LogP) is 7.92. The molecule has 6 rings (SSSR count). The summed E-state index contributed by atoms with van der Waals surface area (Å²) in [6, 6.07) is 12.0. The van der Waals surface area contributed by atoms with E-state index in [-0.39, 0.29) is 5.54 Å². The number of rotatable bonds is 8. The van der Waals surface area contributed by atoms with E-state index in [1.807, 2.05) is 31.2 Å². The molecular formula is C28H35BrClNO2. The number of hydrogen-bond donors (Lipinski definition) is 1. The summed E-state index contributed by atoms with van der Waals surface area (Å²) in [5, 5.41) is 4.78. The highest BCUT2D eigenvalue weighted by Gasteiger charge is 2.59. The summed E-state index contributed by atoms with van der Waals surface area (Å²) in [6.45, 7) is 9.00. The normalized spacial score (nSPS) is 32.2. The zero-order chi connectivity index (χ0) is 23.3. The molecular weight excluding hydrogens is 498 g/mol. The van der Waals surface area contributed by atoms with E-state index in [4.69, 9.17) is 21.1 Å². The van der Waals surface area contributed by atoms with Crippen LogP contribution in [-0.4, -0.2) is 12.1 Å². The van der Waals surface area contributed by atoms with Gasteiger partial charge in [-0.25, -0.2) is 0 Å². The van der Waals surface area contributed by atoms with Crippen LogP contribution in [0.5, 0.6) is 11.5 Å². The number of ether oxygens (including phenoxy) is 2. The maximum atomic E-state index is 6.14. The van der Waals surface area contributed by atoms with Crippen LogP contribution in [-0.2, 0) is 13.2 Å². The molecule has 4 fully saturated rings. The smallest absolute Gasteiger partial charge is 0.162 e. The lowest BCUT2D eigenvalue weighted by Gasteiger charge is -2.65. The van der Waals surface area contributed by atoms with E-state index in [0.717, 1.165) is 39.0 Å². The minimum atomic E-state index is 0.276. The van der Waals surface area contributed by atoms with Gasteiger partial charge in [0.1, 0.15) is 6.61 Å². The molecule has 33 heavy (non-hydrogen) atoms. The molecule has 0 saturated heterocycles. The van der Waals surface area contributed by atoms with Crippen molar-refractivity contribution >= 4 is 27.5 Å². The molecule has 178 valence electrons. The van der Waals surface area contributed by atoms with Crippen molar-refractivity contribution in [1.29, 1.82) is 0 Å². The van der Waals surface area contributed by atoms with Crippen LogP contribution in [0, 0.1) is 16.7 Å². The summed E-state index contributed by atoms with van der Waals surface area (Å²) < 4.78 is 13.2. The fourth-order valence-electron chi connectivity index (χ4n) is 7.76. The molecule has 5 heteroatoms. The van der Waals surface area contributed by atoms with E-state index in [0.29, 0.717) is 24.0 Å². The fraction of sp³-hybridized carbons (Fsp3) is 0.571. The Balaban J connectivity index is 1.31. The topological polar surface area (TPSA) is 30.5 Å². The van der Waals surface area contributed by atoms with Crippen molar-refractivity contribution in [1.82, 2.24) is 5.32 Å². The Morgan fingerprint density at radius 1 is 0.970 bits per heavy atom. The predicted molar refractivity (Wildman–Crippen MR) is 138 cm³/mol. The summed E-state index contributed by atoms with van der Waals surface area (Å²) >= 11 is 9.81. The third-order valence-electron chi connectivity index (χ3n) is 8.00. The zero-order valence-corrected chi connectivity index (χ0v) is 22.3. The second-order valence-corrected chi connectivity index (χ2v) is 12.8. The highest BCUT2D eigenvalue weighted by Crippen LogP contribution is 2.66. The van der Waals surface area contributed by atoms with E-state index >= 15 is 0 Å². The van der Waals surface area contributed by atoms with Gasteiger partial charge in [-0.2, -0.15) is 0 Å². The first-order valence-electron chi connectivity index (χ1n) is 12.3. The van der Waals surface area contributed by atoms with Crippen LogP contribution < -0.4 is 14.8 Å². The van der Waals surface area contributed by atoms with Gasteiger partial charge in [0.05, 0.1) is 6.61 Å². The Kier molecular flexibility index (Phi) is 6.25. The fourth-order valence-corrected chi connectivity index (χ4v) is 8.35. The summed E-state index contributed by atoms with van der Waals surface area (Å²) in [4.78, 5) is 0. The molecule has 2 atom stereocenters. The van der Waals surface area contributed by atoms with Crippen LogP contribution in [0.3, 0.4) is 0 Å². The molecule has 0 spiro atoms. The highest BCUT2D eigenvalue weighted by molar-refractivity contribution is 9.10. The summed E-state index contributed by atoms with van der Waals surface area (Å²) in [5.41, 5.74) is 3.59. The standard InChI is InChI=1S/C28H35BrClNO2/c1-4-32-24-9-21(23(29)10-25(24)33-15-19-5-7-22(30)8-6-19)14-31-28-13-20-11-26(2,17-28)16-27(3,12-20)18-28/h5-10,20,31H,4,11-18H2,1-3H3. The number of benzene rings is 2.